The summed E-state index contributed by atoms with van der Waals surface area (Å²) in [6.45, 7) is 8.63. The van der Waals surface area contributed by atoms with Crippen molar-refractivity contribution >= 4 is 18.3 Å². The topological polar surface area (TPSA) is 35.6 Å². The number of nitrogens with zero attached hydrogens (tertiary/aromatic N) is 2. The van der Waals surface area contributed by atoms with E-state index in [1.165, 1.54) is 0 Å². The molecular weight excluding hydrogens is 238 g/mol. The second-order valence-corrected chi connectivity index (χ2v) is 4.61. The van der Waals surface area contributed by atoms with E-state index < -0.39 is 0 Å². The van der Waals surface area contributed by atoms with Gasteiger partial charge in [0.05, 0.1) is 6.54 Å². The maximum Gasteiger partial charge on any atom is 0.236 e. The van der Waals surface area contributed by atoms with Crippen LogP contribution < -0.4 is 5.32 Å². The highest BCUT2D eigenvalue weighted by Gasteiger charge is 2.24. The molecule has 0 saturated carbocycles. The van der Waals surface area contributed by atoms with Crippen molar-refractivity contribution in [3.8, 4) is 0 Å². The van der Waals surface area contributed by atoms with Crippen molar-refractivity contribution in [3.63, 3.8) is 0 Å². The minimum Gasteiger partial charge on any atom is -0.342 e. The number of likely N-dealkylation sites (N-methyl/N-ethyl adjacent to an activating group) is 1. The summed E-state index contributed by atoms with van der Waals surface area (Å²) in [5.74, 6) is 0.276. The monoisotopic (exact) mass is 263 g/mol. The van der Waals surface area contributed by atoms with Gasteiger partial charge in [0.25, 0.3) is 0 Å². The van der Waals surface area contributed by atoms with Crippen molar-refractivity contribution in [2.24, 2.45) is 0 Å². The molecule has 1 aliphatic heterocycles. The predicted octanol–water partition coefficient (Wildman–Crippen LogP) is 0.960. The molecule has 1 fully saturated rings. The normalized spacial score (nSPS) is 15.3. The van der Waals surface area contributed by atoms with Gasteiger partial charge in [-0.2, -0.15) is 0 Å². The van der Waals surface area contributed by atoms with E-state index in [1.807, 2.05) is 11.9 Å². The van der Waals surface area contributed by atoms with Gasteiger partial charge in [0.15, 0.2) is 0 Å². The lowest BCUT2D eigenvalue weighted by atomic mass is 10.1. The molecule has 17 heavy (non-hydrogen) atoms. The largest absolute Gasteiger partial charge is 0.342 e. The van der Waals surface area contributed by atoms with Gasteiger partial charge in [-0.3, -0.25) is 9.69 Å². The Morgan fingerprint density at radius 2 is 1.76 bits per heavy atom. The quantitative estimate of drug-likeness (QED) is 0.743. The van der Waals surface area contributed by atoms with Crippen molar-refractivity contribution in [1.29, 1.82) is 0 Å². The van der Waals surface area contributed by atoms with Gasteiger partial charge in [-0.1, -0.05) is 13.8 Å². The first kappa shape index (κ1) is 16.7. The predicted molar refractivity (Wildman–Crippen MR) is 73.7 cm³/mol. The number of nitrogens with one attached hydrogen (secondary N) is 1. The van der Waals surface area contributed by atoms with Gasteiger partial charge in [0.1, 0.15) is 0 Å². The average molecular weight is 264 g/mol. The molecule has 1 amide bonds. The molecule has 0 aromatic carbocycles. The van der Waals surface area contributed by atoms with Crippen molar-refractivity contribution in [1.82, 2.24) is 15.1 Å². The number of halogens is 1. The van der Waals surface area contributed by atoms with Crippen molar-refractivity contribution in [3.05, 3.63) is 0 Å². The highest BCUT2D eigenvalue weighted by molar-refractivity contribution is 5.85. The highest BCUT2D eigenvalue weighted by atomic mass is 35.5. The Morgan fingerprint density at radius 3 is 2.12 bits per heavy atom. The minimum atomic E-state index is 0. The lowest BCUT2D eigenvalue weighted by Gasteiger charge is -2.36. The van der Waals surface area contributed by atoms with Crippen LogP contribution in [0.1, 0.15) is 26.7 Å². The van der Waals surface area contributed by atoms with Crippen molar-refractivity contribution < 1.29 is 4.79 Å². The summed E-state index contributed by atoms with van der Waals surface area (Å²) in [6.07, 6.45) is 2.08. The first-order valence-corrected chi connectivity index (χ1v) is 6.37. The summed E-state index contributed by atoms with van der Waals surface area (Å²) in [7, 11) is 2.04. The van der Waals surface area contributed by atoms with Crippen LogP contribution in [0.25, 0.3) is 0 Å². The number of hydrogen-bond acceptors (Lipinski definition) is 3. The zero-order chi connectivity index (χ0) is 12.0. The molecule has 1 N–H and O–H groups in total. The minimum absolute atomic E-state index is 0. The zero-order valence-corrected chi connectivity index (χ0v) is 12.1. The molecular formula is C12H26ClN3O. The second-order valence-electron chi connectivity index (χ2n) is 4.61. The second kappa shape index (κ2) is 8.72. The van der Waals surface area contributed by atoms with Crippen molar-refractivity contribution in [2.75, 3.05) is 39.8 Å². The van der Waals surface area contributed by atoms with Crippen LogP contribution in [-0.2, 0) is 4.79 Å². The molecule has 0 unspecified atom stereocenters. The maximum absolute atomic E-state index is 12.0. The number of carbonyl (C=O) groups is 1. The number of carbonyl (C=O) groups excluding carboxylic acids is 1. The summed E-state index contributed by atoms with van der Waals surface area (Å²) in [5, 5.41) is 3.23. The fourth-order valence-electron chi connectivity index (χ4n) is 1.93. The van der Waals surface area contributed by atoms with Gasteiger partial charge in [0, 0.05) is 32.2 Å². The SMILES string of the molecule is CCCN(CCC)C(=O)CN(C)C1CNC1.Cl. The van der Waals surface area contributed by atoms with Crippen LogP contribution in [0.2, 0.25) is 0 Å². The molecule has 1 rings (SSSR count). The third-order valence-corrected chi connectivity index (χ3v) is 3.11. The van der Waals surface area contributed by atoms with E-state index in [1.54, 1.807) is 0 Å². The first-order chi connectivity index (χ1) is 7.69. The molecule has 102 valence electrons. The molecule has 4 nitrogen and oxygen atoms in total. The number of amides is 1. The Bertz CT molecular complexity index is 216. The van der Waals surface area contributed by atoms with Gasteiger partial charge in [0.2, 0.25) is 5.91 Å². The fourth-order valence-corrected chi connectivity index (χ4v) is 1.93. The molecule has 0 aliphatic carbocycles. The fraction of sp³-hybridized carbons (Fsp3) is 0.917. The van der Waals surface area contributed by atoms with Crippen LogP contribution >= 0.6 is 12.4 Å². The van der Waals surface area contributed by atoms with E-state index in [0.717, 1.165) is 39.0 Å². The van der Waals surface area contributed by atoms with Gasteiger partial charge in [-0.25, -0.2) is 0 Å². The molecule has 1 saturated heterocycles. The molecule has 0 aromatic heterocycles. The lowest BCUT2D eigenvalue weighted by Crippen LogP contribution is -2.57. The van der Waals surface area contributed by atoms with E-state index in [4.69, 9.17) is 0 Å². The molecule has 0 aromatic rings. The van der Waals surface area contributed by atoms with Crippen LogP contribution in [0.3, 0.4) is 0 Å². The van der Waals surface area contributed by atoms with Crippen LogP contribution in [0.5, 0.6) is 0 Å². The van der Waals surface area contributed by atoms with Gasteiger partial charge in [-0.15, -0.1) is 12.4 Å². The molecule has 0 bridgehead atoms. The van der Waals surface area contributed by atoms with Crippen molar-refractivity contribution in [2.45, 2.75) is 32.7 Å². The maximum atomic E-state index is 12.0. The Labute approximate surface area is 111 Å². The highest BCUT2D eigenvalue weighted by Crippen LogP contribution is 2.03. The summed E-state index contributed by atoms with van der Waals surface area (Å²) >= 11 is 0. The molecule has 0 spiro atoms. The van der Waals surface area contributed by atoms with E-state index in [2.05, 4.69) is 24.1 Å². The summed E-state index contributed by atoms with van der Waals surface area (Å²) < 4.78 is 0. The van der Waals surface area contributed by atoms with Crippen LogP contribution in [-0.4, -0.2) is 61.5 Å². The van der Waals surface area contributed by atoms with E-state index >= 15 is 0 Å². The standard InChI is InChI=1S/C12H25N3O.ClH/c1-4-6-15(7-5-2)12(16)10-14(3)11-8-13-9-11;/h11,13H,4-10H2,1-3H3;1H. The van der Waals surface area contributed by atoms with E-state index in [9.17, 15) is 4.79 Å². The molecule has 1 heterocycles. The Hall–Kier alpha value is -0.320. The third-order valence-electron chi connectivity index (χ3n) is 3.11. The molecule has 0 radical (unpaired) electrons. The first-order valence-electron chi connectivity index (χ1n) is 6.37. The van der Waals surface area contributed by atoms with Gasteiger partial charge in [-0.05, 0) is 19.9 Å². The van der Waals surface area contributed by atoms with Gasteiger partial charge < -0.3 is 10.2 Å². The van der Waals surface area contributed by atoms with Crippen LogP contribution in [0, 0.1) is 0 Å². The van der Waals surface area contributed by atoms with E-state index in [0.29, 0.717) is 12.6 Å². The molecule has 1 aliphatic rings. The molecule has 5 heteroatoms. The Balaban J connectivity index is 0.00000256. The third kappa shape index (κ3) is 5.23. The van der Waals surface area contributed by atoms with Gasteiger partial charge >= 0.3 is 0 Å². The Morgan fingerprint density at radius 1 is 1.24 bits per heavy atom. The Kier molecular flexibility index (Phi) is 8.56. The molecule has 0 atom stereocenters. The summed E-state index contributed by atoms with van der Waals surface area (Å²) in [5.41, 5.74) is 0. The number of rotatable bonds is 7. The average Bonchev–Trinajstić information content (AvgIpc) is 2.14. The summed E-state index contributed by atoms with van der Waals surface area (Å²) in [6, 6.07) is 0.550. The van der Waals surface area contributed by atoms with Crippen LogP contribution in [0.4, 0.5) is 0 Å². The van der Waals surface area contributed by atoms with Crippen LogP contribution in [0.15, 0.2) is 0 Å². The smallest absolute Gasteiger partial charge is 0.236 e. The summed E-state index contributed by atoms with van der Waals surface area (Å²) in [4.78, 5) is 16.2. The number of hydrogen-bond donors (Lipinski definition) is 1. The zero-order valence-electron chi connectivity index (χ0n) is 11.2. The van der Waals surface area contributed by atoms with E-state index in [-0.39, 0.29) is 18.3 Å². The lowest BCUT2D eigenvalue weighted by molar-refractivity contribution is -0.132.